The van der Waals surface area contributed by atoms with Gasteiger partial charge in [0.2, 0.25) is 0 Å². The molecule has 104 valence electrons. The Bertz CT molecular complexity index is 635. The predicted octanol–water partition coefficient (Wildman–Crippen LogP) is 3.98. The molecule has 2 aromatic rings. The molecular formula is C16H15FO3. The van der Waals surface area contributed by atoms with Crippen molar-refractivity contribution in [3.63, 3.8) is 0 Å². The second kappa shape index (κ2) is 5.74. The summed E-state index contributed by atoms with van der Waals surface area (Å²) in [5, 5.41) is 9.22. The van der Waals surface area contributed by atoms with E-state index in [-0.39, 0.29) is 11.7 Å². The van der Waals surface area contributed by atoms with E-state index in [1.54, 1.807) is 18.2 Å². The molecule has 0 aromatic heterocycles. The molecule has 0 atom stereocenters. The lowest BCUT2D eigenvalue weighted by atomic mass is 9.98. The molecule has 0 bridgehead atoms. The number of ether oxygens (including phenoxy) is 1. The SMILES string of the molecule is CC(C)Oc1ccccc1-c1ccc(F)cc1C(=O)O. The van der Waals surface area contributed by atoms with E-state index >= 15 is 0 Å². The minimum atomic E-state index is -1.17. The Kier molecular flexibility index (Phi) is 4.03. The van der Waals surface area contributed by atoms with Crippen molar-refractivity contribution in [3.8, 4) is 16.9 Å². The molecule has 0 aliphatic carbocycles. The highest BCUT2D eigenvalue weighted by Gasteiger charge is 2.16. The third-order valence-electron chi connectivity index (χ3n) is 2.75. The molecule has 1 N–H and O–H groups in total. The summed E-state index contributed by atoms with van der Waals surface area (Å²) in [6.07, 6.45) is -0.0372. The van der Waals surface area contributed by atoms with Crippen LogP contribution in [0.2, 0.25) is 0 Å². The summed E-state index contributed by atoms with van der Waals surface area (Å²) in [4.78, 5) is 11.3. The fraction of sp³-hybridized carbons (Fsp3) is 0.188. The van der Waals surface area contributed by atoms with E-state index in [0.29, 0.717) is 16.9 Å². The molecule has 0 aliphatic heterocycles. The molecule has 4 heteroatoms. The van der Waals surface area contributed by atoms with Crippen LogP contribution in [0.4, 0.5) is 4.39 Å². The zero-order valence-electron chi connectivity index (χ0n) is 11.3. The standard InChI is InChI=1S/C16H15FO3/c1-10(2)20-15-6-4-3-5-13(15)12-8-7-11(17)9-14(12)16(18)19/h3-10H,1-2H3,(H,18,19). The smallest absolute Gasteiger partial charge is 0.336 e. The average Bonchev–Trinajstić information content (AvgIpc) is 2.39. The van der Waals surface area contributed by atoms with Gasteiger partial charge in [-0.3, -0.25) is 0 Å². The van der Waals surface area contributed by atoms with Gasteiger partial charge >= 0.3 is 5.97 Å². The van der Waals surface area contributed by atoms with Crippen molar-refractivity contribution in [1.82, 2.24) is 0 Å². The number of halogens is 1. The number of para-hydroxylation sites is 1. The van der Waals surface area contributed by atoms with Crippen molar-refractivity contribution < 1.29 is 19.0 Å². The number of hydrogen-bond donors (Lipinski definition) is 1. The summed E-state index contributed by atoms with van der Waals surface area (Å²) in [6, 6.07) is 10.9. The Balaban J connectivity index is 2.59. The van der Waals surface area contributed by atoms with Crippen LogP contribution in [0.5, 0.6) is 5.75 Å². The van der Waals surface area contributed by atoms with Gasteiger partial charge in [0.15, 0.2) is 0 Å². The second-order valence-corrected chi connectivity index (χ2v) is 4.66. The van der Waals surface area contributed by atoms with Crippen LogP contribution < -0.4 is 4.74 Å². The van der Waals surface area contributed by atoms with E-state index in [1.165, 1.54) is 12.1 Å². The van der Waals surface area contributed by atoms with Crippen molar-refractivity contribution in [3.05, 3.63) is 53.8 Å². The van der Waals surface area contributed by atoms with Crippen LogP contribution in [0.15, 0.2) is 42.5 Å². The van der Waals surface area contributed by atoms with Crippen molar-refractivity contribution in [2.75, 3.05) is 0 Å². The van der Waals surface area contributed by atoms with Gasteiger partial charge in [0.05, 0.1) is 11.7 Å². The fourth-order valence-electron chi connectivity index (χ4n) is 1.97. The maximum atomic E-state index is 13.2. The summed E-state index contributed by atoms with van der Waals surface area (Å²) in [5.41, 5.74) is 0.999. The molecule has 0 fully saturated rings. The minimum Gasteiger partial charge on any atom is -0.490 e. The van der Waals surface area contributed by atoms with Gasteiger partial charge in [-0.15, -0.1) is 0 Å². The number of rotatable bonds is 4. The number of carboxylic acid groups (broad SMARTS) is 1. The Labute approximate surface area is 116 Å². The summed E-state index contributed by atoms with van der Waals surface area (Å²) in [6.45, 7) is 3.78. The van der Waals surface area contributed by atoms with Crippen LogP contribution >= 0.6 is 0 Å². The lowest BCUT2D eigenvalue weighted by molar-refractivity contribution is 0.0697. The Morgan fingerprint density at radius 2 is 1.85 bits per heavy atom. The van der Waals surface area contributed by atoms with Crippen LogP contribution in [0, 0.1) is 5.82 Å². The van der Waals surface area contributed by atoms with Crippen LogP contribution in [0.3, 0.4) is 0 Å². The first-order valence-corrected chi connectivity index (χ1v) is 6.28. The number of benzene rings is 2. The topological polar surface area (TPSA) is 46.5 Å². The molecule has 0 saturated heterocycles. The minimum absolute atomic E-state index is 0.0372. The molecule has 2 rings (SSSR count). The first kappa shape index (κ1) is 14.1. The molecule has 0 aliphatic rings. The van der Waals surface area contributed by atoms with Gasteiger partial charge in [0.25, 0.3) is 0 Å². The highest BCUT2D eigenvalue weighted by molar-refractivity contribution is 5.97. The predicted molar refractivity (Wildman–Crippen MR) is 74.6 cm³/mol. The van der Waals surface area contributed by atoms with Gasteiger partial charge in [-0.1, -0.05) is 24.3 Å². The summed E-state index contributed by atoms with van der Waals surface area (Å²) in [5.74, 6) is -1.16. The molecule has 0 saturated carbocycles. The van der Waals surface area contributed by atoms with Crippen molar-refractivity contribution >= 4 is 5.97 Å². The van der Waals surface area contributed by atoms with E-state index in [9.17, 15) is 14.3 Å². The van der Waals surface area contributed by atoms with Crippen molar-refractivity contribution in [1.29, 1.82) is 0 Å². The van der Waals surface area contributed by atoms with Crippen molar-refractivity contribution in [2.24, 2.45) is 0 Å². The summed E-state index contributed by atoms with van der Waals surface area (Å²) >= 11 is 0. The Morgan fingerprint density at radius 3 is 2.50 bits per heavy atom. The molecule has 0 heterocycles. The molecule has 0 amide bonds. The molecular weight excluding hydrogens is 259 g/mol. The normalized spacial score (nSPS) is 10.6. The number of carboxylic acids is 1. The molecule has 0 unspecified atom stereocenters. The lowest BCUT2D eigenvalue weighted by Crippen LogP contribution is -2.07. The maximum Gasteiger partial charge on any atom is 0.336 e. The third-order valence-corrected chi connectivity index (χ3v) is 2.75. The number of hydrogen-bond acceptors (Lipinski definition) is 2. The summed E-state index contributed by atoms with van der Waals surface area (Å²) < 4.78 is 18.9. The van der Waals surface area contributed by atoms with Gasteiger partial charge in [0.1, 0.15) is 11.6 Å². The highest BCUT2D eigenvalue weighted by Crippen LogP contribution is 2.33. The van der Waals surface area contributed by atoms with Crippen LogP contribution in [0.25, 0.3) is 11.1 Å². The van der Waals surface area contributed by atoms with E-state index in [4.69, 9.17) is 4.74 Å². The first-order valence-electron chi connectivity index (χ1n) is 6.28. The van der Waals surface area contributed by atoms with Crippen LogP contribution in [-0.2, 0) is 0 Å². The monoisotopic (exact) mass is 274 g/mol. The van der Waals surface area contributed by atoms with E-state index in [0.717, 1.165) is 6.07 Å². The first-order chi connectivity index (χ1) is 9.49. The van der Waals surface area contributed by atoms with Gasteiger partial charge in [-0.25, -0.2) is 9.18 Å². The molecule has 0 radical (unpaired) electrons. The largest absolute Gasteiger partial charge is 0.490 e. The maximum absolute atomic E-state index is 13.2. The average molecular weight is 274 g/mol. The van der Waals surface area contributed by atoms with Crippen LogP contribution in [0.1, 0.15) is 24.2 Å². The zero-order chi connectivity index (χ0) is 14.7. The van der Waals surface area contributed by atoms with Crippen LogP contribution in [-0.4, -0.2) is 17.2 Å². The van der Waals surface area contributed by atoms with E-state index in [1.807, 2.05) is 19.9 Å². The zero-order valence-corrected chi connectivity index (χ0v) is 11.3. The van der Waals surface area contributed by atoms with E-state index in [2.05, 4.69) is 0 Å². The Morgan fingerprint density at radius 1 is 1.15 bits per heavy atom. The number of carbonyl (C=O) groups is 1. The Hall–Kier alpha value is -2.36. The van der Waals surface area contributed by atoms with Crippen molar-refractivity contribution in [2.45, 2.75) is 20.0 Å². The number of aromatic carboxylic acids is 1. The van der Waals surface area contributed by atoms with Gasteiger partial charge in [-0.2, -0.15) is 0 Å². The highest BCUT2D eigenvalue weighted by atomic mass is 19.1. The fourth-order valence-corrected chi connectivity index (χ4v) is 1.97. The molecule has 20 heavy (non-hydrogen) atoms. The lowest BCUT2D eigenvalue weighted by Gasteiger charge is -2.15. The van der Waals surface area contributed by atoms with Gasteiger partial charge in [-0.05, 0) is 32.0 Å². The third kappa shape index (κ3) is 2.96. The quantitative estimate of drug-likeness (QED) is 0.917. The molecule has 0 spiro atoms. The summed E-state index contributed by atoms with van der Waals surface area (Å²) in [7, 11) is 0. The molecule has 3 nitrogen and oxygen atoms in total. The van der Waals surface area contributed by atoms with Gasteiger partial charge in [0, 0.05) is 11.1 Å². The van der Waals surface area contributed by atoms with Gasteiger partial charge < -0.3 is 9.84 Å². The van der Waals surface area contributed by atoms with E-state index < -0.39 is 11.8 Å². The molecule has 2 aromatic carbocycles. The second-order valence-electron chi connectivity index (χ2n) is 4.66.